The van der Waals surface area contributed by atoms with E-state index in [1.807, 2.05) is 12.0 Å². The molecular formula is C9H18N2O. The van der Waals surface area contributed by atoms with E-state index in [1.54, 1.807) is 6.40 Å². The molecule has 0 saturated carbocycles. The Bertz CT molecular complexity index is 139. The second-order valence-corrected chi connectivity index (χ2v) is 3.32. The summed E-state index contributed by atoms with van der Waals surface area (Å²) >= 11 is 0. The highest BCUT2D eigenvalue weighted by Gasteiger charge is 2.15. The van der Waals surface area contributed by atoms with Gasteiger partial charge in [0.25, 0.3) is 0 Å². The van der Waals surface area contributed by atoms with Gasteiger partial charge in [0.2, 0.25) is 0 Å². The molecule has 0 aromatic heterocycles. The molecule has 0 N–H and O–H groups in total. The van der Waals surface area contributed by atoms with Crippen LogP contribution in [0.2, 0.25) is 0 Å². The summed E-state index contributed by atoms with van der Waals surface area (Å²) in [6, 6.07) is 0. The molecule has 1 saturated heterocycles. The van der Waals surface area contributed by atoms with E-state index in [0.29, 0.717) is 0 Å². The van der Waals surface area contributed by atoms with Crippen LogP contribution in [0.25, 0.3) is 0 Å². The number of hydrogen-bond donors (Lipinski definition) is 0. The van der Waals surface area contributed by atoms with Gasteiger partial charge in [0.15, 0.2) is 6.40 Å². The predicted octanol–water partition coefficient (Wildman–Crippen LogP) is 1.70. The largest absolute Gasteiger partial charge is 0.394 e. The van der Waals surface area contributed by atoms with Crippen LogP contribution in [-0.4, -0.2) is 31.1 Å². The molecule has 0 unspecified atom stereocenters. The molecule has 0 aromatic rings. The van der Waals surface area contributed by atoms with Crippen molar-refractivity contribution in [2.45, 2.75) is 26.7 Å². The number of aliphatic imine (C=N–C) groups is 1. The maximum Gasteiger partial charge on any atom is 0.196 e. The lowest BCUT2D eigenvalue weighted by Gasteiger charge is -2.27. The molecule has 12 heavy (non-hydrogen) atoms. The van der Waals surface area contributed by atoms with Gasteiger partial charge >= 0.3 is 0 Å². The van der Waals surface area contributed by atoms with Crippen LogP contribution in [0.1, 0.15) is 26.7 Å². The Hall–Kier alpha value is -0.570. The highest BCUT2D eigenvalue weighted by Crippen LogP contribution is 2.15. The van der Waals surface area contributed by atoms with E-state index in [2.05, 4.69) is 11.9 Å². The maximum absolute atomic E-state index is 5.31. The zero-order chi connectivity index (χ0) is 8.81. The fourth-order valence-corrected chi connectivity index (χ4v) is 1.26. The van der Waals surface area contributed by atoms with Gasteiger partial charge in [0, 0.05) is 19.6 Å². The highest BCUT2D eigenvalue weighted by molar-refractivity contribution is 5.45. The minimum Gasteiger partial charge on any atom is -0.394 e. The Morgan fingerprint density at radius 2 is 2.17 bits per heavy atom. The topological polar surface area (TPSA) is 24.8 Å². The van der Waals surface area contributed by atoms with Crippen molar-refractivity contribution in [2.24, 2.45) is 10.9 Å². The predicted molar refractivity (Wildman–Crippen MR) is 50.1 cm³/mol. The van der Waals surface area contributed by atoms with Crippen molar-refractivity contribution in [2.75, 3.05) is 19.6 Å². The Labute approximate surface area is 74.4 Å². The minimum atomic E-state index is 0.796. The monoisotopic (exact) mass is 170 g/mol. The molecule has 1 aliphatic rings. The van der Waals surface area contributed by atoms with Gasteiger partial charge in [0.1, 0.15) is 0 Å². The zero-order valence-electron chi connectivity index (χ0n) is 7.99. The van der Waals surface area contributed by atoms with Crippen LogP contribution < -0.4 is 0 Å². The first-order valence-electron chi connectivity index (χ1n) is 4.73. The number of piperidine rings is 1. The second kappa shape index (κ2) is 5.14. The summed E-state index contributed by atoms with van der Waals surface area (Å²) in [5, 5.41) is 1.99. The van der Waals surface area contributed by atoms with Crippen LogP contribution in [0.5, 0.6) is 0 Å². The zero-order valence-corrected chi connectivity index (χ0v) is 7.99. The third kappa shape index (κ3) is 3.22. The Balaban J connectivity index is 2.13. The fourth-order valence-electron chi connectivity index (χ4n) is 1.26. The van der Waals surface area contributed by atoms with Gasteiger partial charge in [0.05, 0.1) is 0 Å². The van der Waals surface area contributed by atoms with Crippen molar-refractivity contribution in [3.8, 4) is 0 Å². The lowest BCUT2D eigenvalue weighted by molar-refractivity contribution is -0.0875. The van der Waals surface area contributed by atoms with Gasteiger partial charge in [-0.05, 0) is 25.7 Å². The molecule has 0 aromatic carbocycles. The number of hydrogen-bond acceptors (Lipinski definition) is 3. The Kier molecular flexibility index (Phi) is 4.08. The van der Waals surface area contributed by atoms with Crippen LogP contribution >= 0.6 is 0 Å². The average Bonchev–Trinajstić information content (AvgIpc) is 2.09. The molecule has 0 aliphatic carbocycles. The third-order valence-electron chi connectivity index (χ3n) is 2.20. The lowest BCUT2D eigenvalue weighted by atomic mass is 10.0. The van der Waals surface area contributed by atoms with Gasteiger partial charge < -0.3 is 4.84 Å². The summed E-state index contributed by atoms with van der Waals surface area (Å²) in [7, 11) is 0. The molecule has 70 valence electrons. The van der Waals surface area contributed by atoms with Crippen molar-refractivity contribution < 1.29 is 4.84 Å². The van der Waals surface area contributed by atoms with Crippen LogP contribution in [0.15, 0.2) is 4.99 Å². The molecular weight excluding hydrogens is 152 g/mol. The molecule has 0 spiro atoms. The van der Waals surface area contributed by atoms with Crippen LogP contribution in [0.4, 0.5) is 0 Å². The second-order valence-electron chi connectivity index (χ2n) is 3.32. The summed E-state index contributed by atoms with van der Waals surface area (Å²) < 4.78 is 0. The van der Waals surface area contributed by atoms with E-state index in [9.17, 15) is 0 Å². The molecule has 1 fully saturated rings. The van der Waals surface area contributed by atoms with Crippen LogP contribution in [0, 0.1) is 5.92 Å². The van der Waals surface area contributed by atoms with E-state index in [1.165, 1.54) is 12.8 Å². The maximum atomic E-state index is 5.31. The van der Waals surface area contributed by atoms with E-state index in [0.717, 1.165) is 25.6 Å². The summed E-state index contributed by atoms with van der Waals surface area (Å²) in [6.07, 6.45) is 4.02. The molecule has 0 atom stereocenters. The van der Waals surface area contributed by atoms with Gasteiger partial charge in [-0.2, -0.15) is 0 Å². The summed E-state index contributed by atoms with van der Waals surface area (Å²) in [6.45, 7) is 7.16. The van der Waals surface area contributed by atoms with Crippen molar-refractivity contribution in [1.29, 1.82) is 0 Å². The van der Waals surface area contributed by atoms with Gasteiger partial charge in [-0.1, -0.05) is 6.92 Å². The number of rotatable bonds is 3. The minimum absolute atomic E-state index is 0.796. The van der Waals surface area contributed by atoms with Crippen molar-refractivity contribution in [3.05, 3.63) is 0 Å². The summed E-state index contributed by atoms with van der Waals surface area (Å²) in [5.41, 5.74) is 0. The smallest absolute Gasteiger partial charge is 0.196 e. The molecule has 0 bridgehead atoms. The van der Waals surface area contributed by atoms with E-state index in [4.69, 9.17) is 4.84 Å². The molecule has 0 amide bonds. The Morgan fingerprint density at radius 3 is 2.75 bits per heavy atom. The van der Waals surface area contributed by atoms with Crippen molar-refractivity contribution in [1.82, 2.24) is 5.06 Å². The summed E-state index contributed by atoms with van der Waals surface area (Å²) in [4.78, 5) is 9.31. The van der Waals surface area contributed by atoms with Crippen LogP contribution in [0.3, 0.4) is 0 Å². The SMILES string of the molecule is CC/N=C/ON1CCC(C)CC1. The lowest BCUT2D eigenvalue weighted by Crippen LogP contribution is -2.32. The number of hydroxylamine groups is 2. The highest BCUT2D eigenvalue weighted by atomic mass is 16.7. The van der Waals surface area contributed by atoms with E-state index >= 15 is 0 Å². The average molecular weight is 170 g/mol. The first kappa shape index (κ1) is 9.52. The van der Waals surface area contributed by atoms with Gasteiger partial charge in [-0.3, -0.25) is 4.99 Å². The molecule has 1 heterocycles. The molecule has 1 rings (SSSR count). The van der Waals surface area contributed by atoms with Crippen LogP contribution in [-0.2, 0) is 4.84 Å². The number of nitrogens with zero attached hydrogens (tertiary/aromatic N) is 2. The first-order chi connectivity index (χ1) is 5.83. The molecule has 3 nitrogen and oxygen atoms in total. The van der Waals surface area contributed by atoms with Crippen molar-refractivity contribution >= 4 is 6.40 Å². The Morgan fingerprint density at radius 1 is 1.50 bits per heavy atom. The molecule has 3 heteroatoms. The summed E-state index contributed by atoms with van der Waals surface area (Å²) in [5.74, 6) is 0.855. The normalized spacial score (nSPS) is 21.8. The molecule has 1 aliphatic heterocycles. The van der Waals surface area contributed by atoms with Gasteiger partial charge in [-0.25, -0.2) is 0 Å². The standard InChI is InChI=1S/C9H18N2O/c1-3-10-8-12-11-6-4-9(2)5-7-11/h8-9H,3-7H2,1-2H3/b10-8+. The molecule has 0 radical (unpaired) electrons. The van der Waals surface area contributed by atoms with E-state index < -0.39 is 0 Å². The quantitative estimate of drug-likeness (QED) is 0.475. The fraction of sp³-hybridized carbons (Fsp3) is 0.889. The van der Waals surface area contributed by atoms with E-state index in [-0.39, 0.29) is 0 Å². The van der Waals surface area contributed by atoms with Crippen molar-refractivity contribution in [3.63, 3.8) is 0 Å². The first-order valence-corrected chi connectivity index (χ1v) is 4.73. The van der Waals surface area contributed by atoms with Gasteiger partial charge in [-0.15, -0.1) is 5.06 Å². The third-order valence-corrected chi connectivity index (χ3v) is 2.20.